The molecule has 0 aromatic heterocycles. The first-order valence-corrected chi connectivity index (χ1v) is 27.3. The zero-order valence-corrected chi connectivity index (χ0v) is 40.7. The highest BCUT2D eigenvalue weighted by atomic mass is 16.5. The topological polar surface area (TPSA) is 95.9 Å². The summed E-state index contributed by atoms with van der Waals surface area (Å²) < 4.78 is 5.47. The van der Waals surface area contributed by atoms with Gasteiger partial charge in [0.25, 0.3) is 0 Å². The third-order valence-electron chi connectivity index (χ3n) is 12.9. The molecule has 2 atom stereocenters. The SMILES string of the molecule is CCCCCCCCCCCCCCCCCC(O)C(CO)NC(=O)CCCCCCCCCCCCCCCCOC(=O)CCCCCCCCCCCCCCCC. The first-order valence-electron chi connectivity index (χ1n) is 27.3. The van der Waals surface area contributed by atoms with Crippen molar-refractivity contribution in [2.75, 3.05) is 13.2 Å². The summed E-state index contributed by atoms with van der Waals surface area (Å²) in [5, 5.41) is 23.2. The van der Waals surface area contributed by atoms with Crippen LogP contribution < -0.4 is 5.32 Å². The molecule has 6 heteroatoms. The van der Waals surface area contributed by atoms with E-state index in [1.807, 2.05) is 0 Å². The summed E-state index contributed by atoms with van der Waals surface area (Å²) in [5.74, 6) is -0.0421. The van der Waals surface area contributed by atoms with Gasteiger partial charge in [-0.1, -0.05) is 271 Å². The van der Waals surface area contributed by atoms with Crippen molar-refractivity contribution in [1.29, 1.82) is 0 Å². The highest BCUT2D eigenvalue weighted by molar-refractivity contribution is 5.76. The molecule has 2 unspecified atom stereocenters. The van der Waals surface area contributed by atoms with E-state index in [1.54, 1.807) is 0 Å². The molecule has 0 fully saturated rings. The molecule has 0 aliphatic carbocycles. The van der Waals surface area contributed by atoms with Crippen LogP contribution in [-0.2, 0) is 14.3 Å². The van der Waals surface area contributed by atoms with Crippen LogP contribution in [0.2, 0.25) is 0 Å². The molecule has 0 aromatic carbocycles. The van der Waals surface area contributed by atoms with Gasteiger partial charge in [-0.3, -0.25) is 9.59 Å². The Hall–Kier alpha value is -1.14. The Kier molecular flexibility index (Phi) is 49.5. The van der Waals surface area contributed by atoms with Crippen LogP contribution in [0.3, 0.4) is 0 Å². The molecule has 1 amide bonds. The fraction of sp³-hybridized carbons (Fsp3) is 0.963. The van der Waals surface area contributed by atoms with Gasteiger partial charge in [-0.2, -0.15) is 0 Å². The van der Waals surface area contributed by atoms with Crippen molar-refractivity contribution < 1.29 is 24.5 Å². The minimum Gasteiger partial charge on any atom is -0.466 e. The summed E-state index contributed by atoms with van der Waals surface area (Å²) >= 11 is 0. The number of carbonyl (C=O) groups excluding carboxylic acids is 2. The van der Waals surface area contributed by atoms with Gasteiger partial charge in [0, 0.05) is 12.8 Å². The van der Waals surface area contributed by atoms with E-state index in [0.29, 0.717) is 25.9 Å². The van der Waals surface area contributed by atoms with Gasteiger partial charge in [-0.15, -0.1) is 0 Å². The molecule has 0 aromatic rings. The van der Waals surface area contributed by atoms with E-state index in [4.69, 9.17) is 4.74 Å². The first-order chi connectivity index (χ1) is 29.5. The number of esters is 1. The highest BCUT2D eigenvalue weighted by Gasteiger charge is 2.20. The number of rotatable bonds is 51. The fourth-order valence-corrected chi connectivity index (χ4v) is 8.70. The predicted molar refractivity (Wildman–Crippen MR) is 260 cm³/mol. The lowest BCUT2D eigenvalue weighted by Crippen LogP contribution is -2.45. The summed E-state index contributed by atoms with van der Waals surface area (Å²) in [5.41, 5.74) is 0. The van der Waals surface area contributed by atoms with Crippen LogP contribution in [0.5, 0.6) is 0 Å². The summed E-state index contributed by atoms with van der Waals surface area (Å²) in [6, 6.07) is -0.547. The zero-order chi connectivity index (χ0) is 43.7. The van der Waals surface area contributed by atoms with Crippen molar-refractivity contribution in [1.82, 2.24) is 5.32 Å². The molecular weight excluding hydrogens is 743 g/mol. The lowest BCUT2D eigenvalue weighted by atomic mass is 10.0. The first kappa shape index (κ1) is 58.9. The average molecular weight is 850 g/mol. The van der Waals surface area contributed by atoms with Crippen molar-refractivity contribution in [2.45, 2.75) is 321 Å². The molecule has 358 valence electrons. The summed E-state index contributed by atoms with van der Waals surface area (Å²) in [7, 11) is 0. The van der Waals surface area contributed by atoms with Crippen LogP contribution in [0.15, 0.2) is 0 Å². The number of amides is 1. The largest absolute Gasteiger partial charge is 0.466 e. The van der Waals surface area contributed by atoms with E-state index in [9.17, 15) is 19.8 Å². The van der Waals surface area contributed by atoms with Crippen LogP contribution in [0, 0.1) is 0 Å². The molecule has 0 spiro atoms. The second kappa shape index (κ2) is 50.5. The molecule has 0 saturated heterocycles. The molecule has 0 heterocycles. The summed E-state index contributed by atoms with van der Waals surface area (Å²) in [6.07, 6.45) is 56.4. The van der Waals surface area contributed by atoms with Gasteiger partial charge in [-0.25, -0.2) is 0 Å². The number of aliphatic hydroxyl groups is 2. The number of hydrogen-bond acceptors (Lipinski definition) is 5. The highest BCUT2D eigenvalue weighted by Crippen LogP contribution is 2.17. The van der Waals surface area contributed by atoms with E-state index in [1.165, 1.54) is 225 Å². The molecule has 0 bridgehead atoms. The van der Waals surface area contributed by atoms with Crippen LogP contribution in [0.4, 0.5) is 0 Å². The number of nitrogens with one attached hydrogen (secondary N) is 1. The van der Waals surface area contributed by atoms with Crippen LogP contribution >= 0.6 is 0 Å². The third-order valence-corrected chi connectivity index (χ3v) is 12.9. The lowest BCUT2D eigenvalue weighted by Gasteiger charge is -2.22. The minimum atomic E-state index is -0.669. The second-order valence-electron chi connectivity index (χ2n) is 18.9. The van der Waals surface area contributed by atoms with Crippen LogP contribution in [0.1, 0.15) is 309 Å². The molecule has 0 aliphatic heterocycles. The van der Waals surface area contributed by atoms with Crippen LogP contribution in [-0.4, -0.2) is 47.4 Å². The number of aliphatic hydroxyl groups excluding tert-OH is 2. The lowest BCUT2D eigenvalue weighted by molar-refractivity contribution is -0.143. The Morgan fingerprint density at radius 3 is 1.02 bits per heavy atom. The van der Waals surface area contributed by atoms with Crippen molar-refractivity contribution in [2.24, 2.45) is 0 Å². The van der Waals surface area contributed by atoms with Gasteiger partial charge in [0.05, 0.1) is 25.4 Å². The van der Waals surface area contributed by atoms with E-state index >= 15 is 0 Å². The molecule has 0 rings (SSSR count). The summed E-state index contributed by atoms with van der Waals surface area (Å²) in [6.45, 7) is 4.95. The van der Waals surface area contributed by atoms with Gasteiger partial charge in [0.1, 0.15) is 0 Å². The quantitative estimate of drug-likeness (QED) is 0.0418. The summed E-state index contributed by atoms with van der Waals surface area (Å²) in [4.78, 5) is 24.5. The van der Waals surface area contributed by atoms with E-state index < -0.39 is 12.1 Å². The molecule has 3 N–H and O–H groups in total. The fourth-order valence-electron chi connectivity index (χ4n) is 8.70. The van der Waals surface area contributed by atoms with Crippen molar-refractivity contribution in [3.05, 3.63) is 0 Å². The number of ether oxygens (including phenoxy) is 1. The van der Waals surface area contributed by atoms with E-state index in [0.717, 1.165) is 51.4 Å². The van der Waals surface area contributed by atoms with Crippen molar-refractivity contribution >= 4 is 11.9 Å². The van der Waals surface area contributed by atoms with Crippen LogP contribution in [0.25, 0.3) is 0 Å². The number of carbonyl (C=O) groups is 2. The smallest absolute Gasteiger partial charge is 0.305 e. The molecule has 0 aliphatic rings. The predicted octanol–water partition coefficient (Wildman–Crippen LogP) is 16.4. The molecular formula is C54H107NO5. The Bertz CT molecular complexity index is 852. The third kappa shape index (κ3) is 46.4. The van der Waals surface area contributed by atoms with Gasteiger partial charge >= 0.3 is 5.97 Å². The molecule has 0 radical (unpaired) electrons. The maximum Gasteiger partial charge on any atom is 0.305 e. The second-order valence-corrected chi connectivity index (χ2v) is 18.9. The number of hydrogen-bond donors (Lipinski definition) is 3. The van der Waals surface area contributed by atoms with Gasteiger partial charge in [0.15, 0.2) is 0 Å². The van der Waals surface area contributed by atoms with Gasteiger partial charge in [-0.05, 0) is 25.7 Å². The monoisotopic (exact) mass is 850 g/mol. The normalized spacial score (nSPS) is 12.5. The Morgan fingerprint density at radius 2 is 0.683 bits per heavy atom. The molecule has 60 heavy (non-hydrogen) atoms. The Morgan fingerprint density at radius 1 is 0.400 bits per heavy atom. The maximum atomic E-state index is 12.5. The molecule has 6 nitrogen and oxygen atoms in total. The minimum absolute atomic E-state index is 0.000901. The van der Waals surface area contributed by atoms with Crippen molar-refractivity contribution in [3.63, 3.8) is 0 Å². The Balaban J connectivity index is 3.42. The Labute approximate surface area is 375 Å². The maximum absolute atomic E-state index is 12.5. The average Bonchev–Trinajstić information content (AvgIpc) is 3.25. The van der Waals surface area contributed by atoms with Gasteiger partial charge in [0.2, 0.25) is 5.91 Å². The number of unbranched alkanes of at least 4 members (excludes halogenated alkanes) is 40. The van der Waals surface area contributed by atoms with E-state index in [-0.39, 0.29) is 18.5 Å². The standard InChI is InChI=1S/C54H107NO5/c1-3-5-7-9-11-13-15-17-19-22-26-30-34-38-42-46-52(57)51(50-56)55-53(58)47-43-39-35-31-27-23-20-21-25-29-33-37-41-45-49-60-54(59)48-44-40-36-32-28-24-18-16-14-12-10-8-6-4-2/h51-52,56-57H,3-50H2,1-2H3,(H,55,58). The van der Waals surface area contributed by atoms with Gasteiger partial charge < -0.3 is 20.3 Å². The zero-order valence-electron chi connectivity index (χ0n) is 40.7. The van der Waals surface area contributed by atoms with Crippen molar-refractivity contribution in [3.8, 4) is 0 Å². The van der Waals surface area contributed by atoms with E-state index in [2.05, 4.69) is 19.2 Å². The molecule has 0 saturated carbocycles.